The Morgan fingerprint density at radius 2 is 2.04 bits per heavy atom. The Kier molecular flexibility index (Phi) is 4.37. The van der Waals surface area contributed by atoms with Crippen molar-refractivity contribution in [1.82, 2.24) is 19.9 Å². The zero-order chi connectivity index (χ0) is 19.2. The van der Waals surface area contributed by atoms with Crippen LogP contribution in [0.15, 0.2) is 44.1 Å². The lowest BCUT2D eigenvalue weighted by Gasteiger charge is -2.11. The van der Waals surface area contributed by atoms with Crippen LogP contribution in [0.3, 0.4) is 0 Å². The Morgan fingerprint density at radius 1 is 1.26 bits per heavy atom. The topological polar surface area (TPSA) is 73.8 Å². The summed E-state index contributed by atoms with van der Waals surface area (Å²) in [6.45, 7) is -0.330. The number of aromatic nitrogens is 4. The van der Waals surface area contributed by atoms with Crippen LogP contribution in [0.25, 0.3) is 11.4 Å². The number of alkyl halides is 3. The molecule has 2 heterocycles. The number of benzene rings is 1. The molecule has 27 heavy (non-hydrogen) atoms. The Balaban J connectivity index is 1.69. The van der Waals surface area contributed by atoms with Crippen LogP contribution < -0.4 is 5.56 Å². The lowest BCUT2D eigenvalue weighted by molar-refractivity contribution is -0.139. The molecule has 0 radical (unpaired) electrons. The molecule has 0 aliphatic heterocycles. The van der Waals surface area contributed by atoms with E-state index < -0.39 is 17.3 Å². The molecule has 0 atom stereocenters. The molecule has 1 saturated carbocycles. The van der Waals surface area contributed by atoms with Gasteiger partial charge in [0.15, 0.2) is 0 Å². The third-order valence-corrected chi connectivity index (χ3v) is 4.62. The highest BCUT2D eigenvalue weighted by atomic mass is 79.9. The van der Waals surface area contributed by atoms with E-state index in [-0.39, 0.29) is 29.9 Å². The minimum atomic E-state index is -4.75. The van der Waals surface area contributed by atoms with E-state index in [0.717, 1.165) is 28.1 Å². The normalized spacial score (nSPS) is 14.5. The first-order valence-corrected chi connectivity index (χ1v) is 8.88. The number of halogens is 4. The first kappa shape index (κ1) is 17.9. The molecule has 1 fully saturated rings. The summed E-state index contributed by atoms with van der Waals surface area (Å²) in [5, 5.41) is 7.89. The van der Waals surface area contributed by atoms with Gasteiger partial charge in [-0.3, -0.25) is 4.79 Å². The van der Waals surface area contributed by atoms with E-state index in [4.69, 9.17) is 4.52 Å². The average Bonchev–Trinajstić information content (AvgIpc) is 3.35. The third kappa shape index (κ3) is 3.80. The van der Waals surface area contributed by atoms with Gasteiger partial charge in [0.25, 0.3) is 5.56 Å². The van der Waals surface area contributed by atoms with Crippen molar-refractivity contribution >= 4 is 15.9 Å². The molecule has 0 N–H and O–H groups in total. The number of hydrogen-bond acceptors (Lipinski definition) is 5. The Morgan fingerprint density at radius 3 is 2.70 bits per heavy atom. The van der Waals surface area contributed by atoms with Crippen LogP contribution in [0.4, 0.5) is 13.2 Å². The quantitative estimate of drug-likeness (QED) is 0.612. The summed E-state index contributed by atoms with van der Waals surface area (Å²) in [7, 11) is 0. The largest absolute Gasteiger partial charge is 0.421 e. The highest BCUT2D eigenvalue weighted by Gasteiger charge is 2.37. The molecule has 0 amide bonds. The predicted octanol–water partition coefficient (Wildman–Crippen LogP) is 4.00. The summed E-state index contributed by atoms with van der Waals surface area (Å²) in [6, 6.07) is 8.00. The van der Waals surface area contributed by atoms with Crippen molar-refractivity contribution in [3.63, 3.8) is 0 Å². The SMILES string of the molecule is O=c1c(C(F)(F)F)cc(C2CC2)nn1Cc1nc(-c2cccc(Br)c2)no1. The molecule has 1 aromatic carbocycles. The maximum atomic E-state index is 13.2. The second-order valence-electron chi connectivity index (χ2n) is 6.24. The van der Waals surface area contributed by atoms with E-state index in [1.165, 1.54) is 0 Å². The molecular weight excluding hydrogens is 429 g/mol. The van der Waals surface area contributed by atoms with Crippen LogP contribution in [0.5, 0.6) is 0 Å². The summed E-state index contributed by atoms with van der Waals surface area (Å²) in [5.41, 5.74) is -1.53. The molecule has 1 aliphatic rings. The second-order valence-corrected chi connectivity index (χ2v) is 7.16. The monoisotopic (exact) mass is 440 g/mol. The van der Waals surface area contributed by atoms with Crippen molar-refractivity contribution in [2.24, 2.45) is 0 Å². The van der Waals surface area contributed by atoms with E-state index in [2.05, 4.69) is 31.2 Å². The molecule has 1 aliphatic carbocycles. The summed E-state index contributed by atoms with van der Waals surface area (Å²) in [5.74, 6) is 0.229. The van der Waals surface area contributed by atoms with Crippen molar-refractivity contribution in [3.05, 3.63) is 62.3 Å². The highest BCUT2D eigenvalue weighted by molar-refractivity contribution is 9.10. The van der Waals surface area contributed by atoms with Crippen LogP contribution in [0.2, 0.25) is 0 Å². The standard InChI is InChI=1S/C17H12BrF3N4O2/c18-11-3-1-2-10(6-11)15-22-14(27-24-15)8-25-16(26)12(17(19,20)21)7-13(23-25)9-4-5-9/h1-3,6-7,9H,4-5,8H2. The lowest BCUT2D eigenvalue weighted by Crippen LogP contribution is -2.31. The smallest absolute Gasteiger partial charge is 0.337 e. The van der Waals surface area contributed by atoms with Gasteiger partial charge in [-0.05, 0) is 31.0 Å². The van der Waals surface area contributed by atoms with Gasteiger partial charge in [0.2, 0.25) is 11.7 Å². The zero-order valence-electron chi connectivity index (χ0n) is 13.7. The molecule has 6 nitrogen and oxygen atoms in total. The van der Waals surface area contributed by atoms with Gasteiger partial charge in [-0.15, -0.1) is 0 Å². The van der Waals surface area contributed by atoms with Gasteiger partial charge in [0.05, 0.1) is 5.69 Å². The van der Waals surface area contributed by atoms with Crippen molar-refractivity contribution in [2.45, 2.75) is 31.5 Å². The van der Waals surface area contributed by atoms with Crippen LogP contribution in [-0.2, 0) is 12.7 Å². The third-order valence-electron chi connectivity index (χ3n) is 4.13. The number of hydrogen-bond donors (Lipinski definition) is 0. The zero-order valence-corrected chi connectivity index (χ0v) is 15.3. The van der Waals surface area contributed by atoms with E-state index in [9.17, 15) is 18.0 Å². The van der Waals surface area contributed by atoms with Crippen LogP contribution >= 0.6 is 15.9 Å². The van der Waals surface area contributed by atoms with Crippen LogP contribution in [-0.4, -0.2) is 19.9 Å². The van der Waals surface area contributed by atoms with Crippen molar-refractivity contribution in [1.29, 1.82) is 0 Å². The molecule has 3 aromatic rings. The van der Waals surface area contributed by atoms with E-state index in [1.54, 1.807) is 18.2 Å². The first-order valence-electron chi connectivity index (χ1n) is 8.09. The van der Waals surface area contributed by atoms with Crippen LogP contribution in [0, 0.1) is 0 Å². The molecule has 2 aromatic heterocycles. The summed E-state index contributed by atoms with van der Waals surface area (Å²) >= 11 is 3.34. The van der Waals surface area contributed by atoms with E-state index in [1.807, 2.05) is 6.07 Å². The first-order chi connectivity index (χ1) is 12.8. The lowest BCUT2D eigenvalue weighted by atomic mass is 10.2. The highest BCUT2D eigenvalue weighted by Crippen LogP contribution is 2.40. The van der Waals surface area contributed by atoms with Gasteiger partial charge < -0.3 is 4.52 Å². The molecule has 0 unspecified atom stereocenters. The van der Waals surface area contributed by atoms with Crippen molar-refractivity contribution in [2.75, 3.05) is 0 Å². The van der Waals surface area contributed by atoms with Gasteiger partial charge in [0.1, 0.15) is 12.1 Å². The fourth-order valence-electron chi connectivity index (χ4n) is 2.64. The van der Waals surface area contributed by atoms with Gasteiger partial charge in [-0.1, -0.05) is 33.2 Å². The van der Waals surface area contributed by atoms with Gasteiger partial charge in [-0.25, -0.2) is 4.68 Å². The molecule has 10 heteroatoms. The van der Waals surface area contributed by atoms with Crippen molar-refractivity contribution in [3.8, 4) is 11.4 Å². The average molecular weight is 441 g/mol. The molecule has 0 spiro atoms. The summed E-state index contributed by atoms with van der Waals surface area (Å²) < 4.78 is 46.3. The van der Waals surface area contributed by atoms with E-state index >= 15 is 0 Å². The van der Waals surface area contributed by atoms with E-state index in [0.29, 0.717) is 5.56 Å². The Bertz CT molecular complexity index is 1060. The van der Waals surface area contributed by atoms with Crippen LogP contribution in [0.1, 0.15) is 35.9 Å². The molecule has 0 bridgehead atoms. The Labute approximate surface area is 159 Å². The second kappa shape index (κ2) is 6.59. The van der Waals surface area contributed by atoms with Gasteiger partial charge in [0, 0.05) is 16.0 Å². The molecule has 140 valence electrons. The fourth-order valence-corrected chi connectivity index (χ4v) is 3.04. The molecule has 4 rings (SSSR count). The number of rotatable bonds is 4. The van der Waals surface area contributed by atoms with Gasteiger partial charge in [-0.2, -0.15) is 23.3 Å². The Hall–Kier alpha value is -2.49. The maximum Gasteiger partial charge on any atom is 0.421 e. The predicted molar refractivity (Wildman–Crippen MR) is 92.0 cm³/mol. The number of nitrogens with zero attached hydrogens (tertiary/aromatic N) is 4. The minimum absolute atomic E-state index is 0.000599. The molecule has 0 saturated heterocycles. The minimum Gasteiger partial charge on any atom is -0.337 e. The summed E-state index contributed by atoms with van der Waals surface area (Å²) in [4.78, 5) is 16.4. The van der Waals surface area contributed by atoms with Gasteiger partial charge >= 0.3 is 6.18 Å². The summed E-state index contributed by atoms with van der Waals surface area (Å²) in [6.07, 6.45) is -3.23. The maximum absolute atomic E-state index is 13.2. The van der Waals surface area contributed by atoms with Crippen molar-refractivity contribution < 1.29 is 17.7 Å². The fraction of sp³-hybridized carbons (Fsp3) is 0.294. The molecular formula is C17H12BrF3N4O2.